The van der Waals surface area contributed by atoms with Crippen molar-refractivity contribution in [1.82, 2.24) is 5.32 Å². The summed E-state index contributed by atoms with van der Waals surface area (Å²) in [6.45, 7) is 1.96. The molecular weight excluding hydrogens is 365 g/mol. The van der Waals surface area contributed by atoms with Crippen LogP contribution in [0.3, 0.4) is 0 Å². The molecular formula is C17H17BrFNOS. The third-order valence-electron chi connectivity index (χ3n) is 3.14. The summed E-state index contributed by atoms with van der Waals surface area (Å²) in [4.78, 5) is 11.9. The molecule has 22 heavy (non-hydrogen) atoms. The third kappa shape index (κ3) is 5.46. The van der Waals surface area contributed by atoms with E-state index in [4.69, 9.17) is 0 Å². The van der Waals surface area contributed by atoms with E-state index in [0.29, 0.717) is 11.5 Å². The number of benzene rings is 2. The van der Waals surface area contributed by atoms with Crippen molar-refractivity contribution in [3.05, 3.63) is 69.9 Å². The number of halogens is 2. The predicted molar refractivity (Wildman–Crippen MR) is 93.3 cm³/mol. The first-order chi connectivity index (χ1) is 10.5. The number of amides is 1. The molecule has 1 atom stereocenters. The molecule has 1 N–H and O–H groups in total. The predicted octanol–water partition coefficient (Wildman–Crippen LogP) is 4.70. The van der Waals surface area contributed by atoms with Crippen LogP contribution in [0.25, 0.3) is 0 Å². The van der Waals surface area contributed by atoms with Gasteiger partial charge in [0.2, 0.25) is 5.91 Å². The molecule has 116 valence electrons. The van der Waals surface area contributed by atoms with Crippen LogP contribution in [-0.2, 0) is 10.5 Å². The first kappa shape index (κ1) is 17.0. The third-order valence-corrected chi connectivity index (χ3v) is 4.67. The maximum absolute atomic E-state index is 13.0. The van der Waals surface area contributed by atoms with Gasteiger partial charge in [-0.05, 0) is 42.3 Å². The lowest BCUT2D eigenvalue weighted by Crippen LogP contribution is -2.28. The molecule has 0 saturated heterocycles. The summed E-state index contributed by atoms with van der Waals surface area (Å²) in [6.07, 6.45) is 0. The lowest BCUT2D eigenvalue weighted by Gasteiger charge is -2.14. The number of nitrogens with one attached hydrogen (secondary N) is 1. The van der Waals surface area contributed by atoms with Crippen molar-refractivity contribution < 1.29 is 9.18 Å². The molecule has 0 aliphatic rings. The minimum Gasteiger partial charge on any atom is -0.349 e. The number of rotatable bonds is 6. The van der Waals surface area contributed by atoms with Gasteiger partial charge >= 0.3 is 0 Å². The first-order valence-electron chi connectivity index (χ1n) is 6.91. The van der Waals surface area contributed by atoms with Gasteiger partial charge < -0.3 is 5.32 Å². The number of hydrogen-bond donors (Lipinski definition) is 1. The Balaban J connectivity index is 1.76. The van der Waals surface area contributed by atoms with Crippen molar-refractivity contribution in [1.29, 1.82) is 0 Å². The van der Waals surface area contributed by atoms with Gasteiger partial charge in [-0.2, -0.15) is 0 Å². The van der Waals surface area contributed by atoms with Gasteiger partial charge in [-0.3, -0.25) is 4.79 Å². The van der Waals surface area contributed by atoms with Crippen molar-refractivity contribution in [2.75, 3.05) is 5.75 Å². The van der Waals surface area contributed by atoms with Crippen LogP contribution in [0.15, 0.2) is 53.0 Å². The van der Waals surface area contributed by atoms with E-state index in [0.717, 1.165) is 15.6 Å². The number of hydrogen-bond acceptors (Lipinski definition) is 2. The molecule has 5 heteroatoms. The maximum Gasteiger partial charge on any atom is 0.230 e. The molecule has 0 unspecified atom stereocenters. The molecule has 1 amide bonds. The van der Waals surface area contributed by atoms with E-state index < -0.39 is 0 Å². The Morgan fingerprint density at radius 2 is 2.00 bits per heavy atom. The number of carbonyl (C=O) groups excluding carboxylic acids is 1. The van der Waals surface area contributed by atoms with E-state index in [1.54, 1.807) is 6.07 Å². The van der Waals surface area contributed by atoms with Gasteiger partial charge in [0, 0.05) is 10.2 Å². The molecule has 2 rings (SSSR count). The van der Waals surface area contributed by atoms with Gasteiger partial charge in [0.15, 0.2) is 0 Å². The second-order valence-electron chi connectivity index (χ2n) is 4.96. The molecule has 0 aliphatic carbocycles. The van der Waals surface area contributed by atoms with Crippen LogP contribution in [0, 0.1) is 5.82 Å². The molecule has 0 saturated carbocycles. The topological polar surface area (TPSA) is 29.1 Å². The lowest BCUT2D eigenvalue weighted by molar-refractivity contribution is -0.119. The second kappa shape index (κ2) is 8.34. The smallest absolute Gasteiger partial charge is 0.230 e. The summed E-state index contributed by atoms with van der Waals surface area (Å²) in [5.74, 6) is 0.720. The van der Waals surface area contributed by atoms with Gasteiger partial charge in [-0.25, -0.2) is 4.39 Å². The Morgan fingerprint density at radius 1 is 1.27 bits per heavy atom. The van der Waals surface area contributed by atoms with Crippen molar-refractivity contribution in [3.63, 3.8) is 0 Å². The highest BCUT2D eigenvalue weighted by Gasteiger charge is 2.09. The zero-order chi connectivity index (χ0) is 15.9. The zero-order valence-electron chi connectivity index (χ0n) is 12.2. The van der Waals surface area contributed by atoms with E-state index in [1.807, 2.05) is 37.3 Å². The highest BCUT2D eigenvalue weighted by molar-refractivity contribution is 9.10. The van der Waals surface area contributed by atoms with Crippen LogP contribution in [0.5, 0.6) is 0 Å². The molecule has 0 aliphatic heterocycles. The highest BCUT2D eigenvalue weighted by Crippen LogP contribution is 2.17. The van der Waals surface area contributed by atoms with Crippen LogP contribution in [0.1, 0.15) is 24.1 Å². The molecule has 0 aromatic heterocycles. The summed E-state index contributed by atoms with van der Waals surface area (Å²) < 4.78 is 14.1. The standard InChI is InChI=1S/C17H17BrFNOS/c1-12(14-5-7-15(18)8-6-14)20-17(21)11-22-10-13-3-2-4-16(19)9-13/h2-9,12H,10-11H2,1H3,(H,20,21)/t12-/m0/s1. The van der Waals surface area contributed by atoms with Gasteiger partial charge in [0.05, 0.1) is 11.8 Å². The fraction of sp³-hybridized carbons (Fsp3) is 0.235. The lowest BCUT2D eigenvalue weighted by atomic mass is 10.1. The van der Waals surface area contributed by atoms with Crippen LogP contribution in [0.4, 0.5) is 4.39 Å². The van der Waals surface area contributed by atoms with Gasteiger partial charge in [0.25, 0.3) is 0 Å². The van der Waals surface area contributed by atoms with Gasteiger partial charge in [0.1, 0.15) is 5.82 Å². The quantitative estimate of drug-likeness (QED) is 0.785. The monoisotopic (exact) mass is 381 g/mol. The Kier molecular flexibility index (Phi) is 6.46. The van der Waals surface area contributed by atoms with Crippen LogP contribution < -0.4 is 5.32 Å². The van der Waals surface area contributed by atoms with Crippen LogP contribution in [-0.4, -0.2) is 11.7 Å². The Morgan fingerprint density at radius 3 is 2.68 bits per heavy atom. The Bertz CT molecular complexity index is 633. The Labute approximate surface area is 142 Å². The van der Waals surface area contributed by atoms with E-state index in [9.17, 15) is 9.18 Å². The summed E-state index contributed by atoms with van der Waals surface area (Å²) in [5.41, 5.74) is 1.95. The summed E-state index contributed by atoms with van der Waals surface area (Å²) >= 11 is 4.87. The van der Waals surface area contributed by atoms with E-state index in [1.165, 1.54) is 23.9 Å². The molecule has 2 aromatic rings. The average molecular weight is 382 g/mol. The molecule has 2 aromatic carbocycles. The molecule has 0 radical (unpaired) electrons. The van der Waals surface area contributed by atoms with E-state index >= 15 is 0 Å². The highest BCUT2D eigenvalue weighted by atomic mass is 79.9. The van der Waals surface area contributed by atoms with E-state index in [-0.39, 0.29) is 17.8 Å². The average Bonchev–Trinajstić information content (AvgIpc) is 2.48. The molecule has 0 bridgehead atoms. The first-order valence-corrected chi connectivity index (χ1v) is 8.86. The number of thioether (sulfide) groups is 1. The second-order valence-corrected chi connectivity index (χ2v) is 6.86. The summed E-state index contributed by atoms with van der Waals surface area (Å²) in [6, 6.07) is 14.3. The maximum atomic E-state index is 13.0. The fourth-order valence-corrected chi connectivity index (χ4v) is 3.06. The molecule has 0 fully saturated rings. The SMILES string of the molecule is C[C@H](NC(=O)CSCc1cccc(F)c1)c1ccc(Br)cc1. The molecule has 2 nitrogen and oxygen atoms in total. The molecule has 0 heterocycles. The van der Waals surface area contributed by atoms with Crippen molar-refractivity contribution in [2.45, 2.75) is 18.7 Å². The summed E-state index contributed by atoms with van der Waals surface area (Å²) in [7, 11) is 0. The molecule has 0 spiro atoms. The minimum atomic E-state index is -0.244. The van der Waals surface area contributed by atoms with Crippen molar-refractivity contribution in [3.8, 4) is 0 Å². The fourth-order valence-electron chi connectivity index (χ4n) is 2.01. The zero-order valence-corrected chi connectivity index (χ0v) is 14.6. The number of carbonyl (C=O) groups is 1. The van der Waals surface area contributed by atoms with Crippen molar-refractivity contribution >= 4 is 33.6 Å². The van der Waals surface area contributed by atoms with Crippen molar-refractivity contribution in [2.24, 2.45) is 0 Å². The Hall–Kier alpha value is -1.33. The normalized spacial score (nSPS) is 12.0. The summed E-state index contributed by atoms with van der Waals surface area (Å²) in [5, 5.41) is 2.96. The van der Waals surface area contributed by atoms with Crippen LogP contribution in [0.2, 0.25) is 0 Å². The largest absolute Gasteiger partial charge is 0.349 e. The van der Waals surface area contributed by atoms with Gasteiger partial charge in [-0.15, -0.1) is 11.8 Å². The van der Waals surface area contributed by atoms with E-state index in [2.05, 4.69) is 21.2 Å². The van der Waals surface area contributed by atoms with Gasteiger partial charge in [-0.1, -0.05) is 40.2 Å². The minimum absolute atomic E-state index is 0.0168. The van der Waals surface area contributed by atoms with Crippen LogP contribution >= 0.6 is 27.7 Å².